The number of aryl methyl sites for hydroxylation is 1. The van der Waals surface area contributed by atoms with E-state index in [2.05, 4.69) is 10.6 Å². The summed E-state index contributed by atoms with van der Waals surface area (Å²) in [6.45, 7) is 12.7. The van der Waals surface area contributed by atoms with Crippen LogP contribution in [0.15, 0.2) is 78.9 Å². The molecule has 3 aromatic carbocycles. The molecule has 1 heterocycles. The van der Waals surface area contributed by atoms with E-state index in [4.69, 9.17) is 15.2 Å². The van der Waals surface area contributed by atoms with E-state index in [1.54, 1.807) is 32.0 Å². The summed E-state index contributed by atoms with van der Waals surface area (Å²) < 4.78 is 11.3. The Kier molecular flexibility index (Phi) is 10.7. The van der Waals surface area contributed by atoms with Crippen LogP contribution in [0.3, 0.4) is 0 Å². The second-order valence-electron chi connectivity index (χ2n) is 13.6. The number of benzene rings is 3. The number of carbonyl (C=O) groups is 4. The van der Waals surface area contributed by atoms with Gasteiger partial charge in [0.2, 0.25) is 23.5 Å². The lowest BCUT2D eigenvalue weighted by molar-refractivity contribution is -0.162. The number of hydrogen-bond donors (Lipinski definition) is 3. The van der Waals surface area contributed by atoms with Crippen LogP contribution >= 0.6 is 0 Å². The quantitative estimate of drug-likeness (QED) is 0.225. The Balaban J connectivity index is 1.54. The zero-order valence-electron chi connectivity index (χ0n) is 28.1. The van der Waals surface area contributed by atoms with Gasteiger partial charge in [-0.15, -0.1) is 0 Å². The fourth-order valence-corrected chi connectivity index (χ4v) is 5.64. The van der Waals surface area contributed by atoms with E-state index in [1.165, 1.54) is 0 Å². The van der Waals surface area contributed by atoms with Crippen molar-refractivity contribution in [2.24, 2.45) is 17.1 Å². The van der Waals surface area contributed by atoms with Crippen molar-refractivity contribution in [1.29, 1.82) is 0 Å². The van der Waals surface area contributed by atoms with Crippen LogP contribution in [0.2, 0.25) is 0 Å². The average Bonchev–Trinajstić information content (AvgIpc) is 3.28. The van der Waals surface area contributed by atoms with Gasteiger partial charge in [0.1, 0.15) is 6.04 Å². The molecule has 1 aliphatic heterocycles. The molecule has 4 atom stereocenters. The van der Waals surface area contributed by atoms with E-state index in [0.717, 1.165) is 27.8 Å². The monoisotopic (exact) mass is 639 g/mol. The number of amides is 3. The summed E-state index contributed by atoms with van der Waals surface area (Å²) in [5.41, 5.74) is 9.90. The summed E-state index contributed by atoms with van der Waals surface area (Å²) in [5.74, 6) is -4.08. The predicted molar refractivity (Wildman–Crippen MR) is 182 cm³/mol. The minimum atomic E-state index is -1.19. The van der Waals surface area contributed by atoms with Crippen molar-refractivity contribution in [3.05, 3.63) is 101 Å². The molecule has 0 spiro atoms. The van der Waals surface area contributed by atoms with E-state index in [0.29, 0.717) is 5.56 Å². The van der Waals surface area contributed by atoms with Crippen molar-refractivity contribution >= 4 is 29.8 Å². The molecule has 4 rings (SSSR count). The summed E-state index contributed by atoms with van der Waals surface area (Å²) in [4.78, 5) is 52.1. The van der Waals surface area contributed by atoms with Gasteiger partial charge in [0, 0.05) is 19.4 Å². The van der Waals surface area contributed by atoms with Crippen LogP contribution < -0.4 is 16.4 Å². The molecule has 0 bridgehead atoms. The van der Waals surface area contributed by atoms with Gasteiger partial charge in [-0.25, -0.2) is 4.79 Å². The molecule has 9 nitrogen and oxygen atoms in total. The summed E-state index contributed by atoms with van der Waals surface area (Å²) in [5, 5.41) is 5.95. The maximum Gasteiger partial charge on any atom is 0.338 e. The Hall–Kier alpha value is -4.76. The number of nitrogens with one attached hydrogen (secondary N) is 2. The summed E-state index contributed by atoms with van der Waals surface area (Å²) in [7, 11) is 0. The van der Waals surface area contributed by atoms with Gasteiger partial charge in [-0.2, -0.15) is 0 Å². The molecule has 0 aromatic heterocycles. The second kappa shape index (κ2) is 14.3. The van der Waals surface area contributed by atoms with Gasteiger partial charge < -0.3 is 25.8 Å². The van der Waals surface area contributed by atoms with E-state index in [1.807, 2.05) is 101 Å². The first-order valence-electron chi connectivity index (χ1n) is 15.8. The van der Waals surface area contributed by atoms with Crippen LogP contribution in [0.5, 0.6) is 0 Å². The van der Waals surface area contributed by atoms with Crippen LogP contribution in [0.25, 0.3) is 17.2 Å². The first kappa shape index (κ1) is 35.1. The molecule has 4 N–H and O–H groups in total. The summed E-state index contributed by atoms with van der Waals surface area (Å²) >= 11 is 0. The topological polar surface area (TPSA) is 137 Å². The maximum atomic E-state index is 13.9. The lowest BCUT2D eigenvalue weighted by atomic mass is 9.85. The SMILES string of the molecule is Cc1cc(/C=C/C[C@@H](C(=O)N[C@H](C(=O)NC(C)c2ccccc2)C(C)(C)C)C2OC(C)(C)OC2=O)ccc1-c1cccc(C(N)=O)c1. The average molecular weight is 640 g/mol. The van der Waals surface area contributed by atoms with E-state index >= 15 is 0 Å². The third-order valence-electron chi connectivity index (χ3n) is 8.17. The number of primary amides is 1. The van der Waals surface area contributed by atoms with Gasteiger partial charge in [-0.1, -0.05) is 93.6 Å². The lowest BCUT2D eigenvalue weighted by Gasteiger charge is -2.33. The Labute approximate surface area is 276 Å². The highest BCUT2D eigenvalue weighted by molar-refractivity contribution is 5.94. The Morgan fingerprint density at radius 3 is 2.26 bits per heavy atom. The highest BCUT2D eigenvalue weighted by atomic mass is 16.8. The minimum absolute atomic E-state index is 0.155. The predicted octanol–water partition coefficient (Wildman–Crippen LogP) is 5.87. The van der Waals surface area contributed by atoms with Crippen molar-refractivity contribution in [3.63, 3.8) is 0 Å². The molecular formula is C38H45N3O6. The highest BCUT2D eigenvalue weighted by Crippen LogP contribution is 2.32. The third kappa shape index (κ3) is 8.95. The number of rotatable bonds is 11. The maximum absolute atomic E-state index is 13.9. The van der Waals surface area contributed by atoms with Crippen molar-refractivity contribution in [2.45, 2.75) is 78.9 Å². The smallest absolute Gasteiger partial charge is 0.338 e. The molecule has 1 aliphatic rings. The number of allylic oxidation sites excluding steroid dienone is 1. The number of ether oxygens (including phenoxy) is 2. The van der Waals surface area contributed by atoms with E-state index < -0.39 is 47.0 Å². The van der Waals surface area contributed by atoms with Gasteiger partial charge in [0.25, 0.3) is 0 Å². The van der Waals surface area contributed by atoms with Gasteiger partial charge in [-0.3, -0.25) is 14.4 Å². The first-order valence-corrected chi connectivity index (χ1v) is 15.8. The molecule has 0 saturated carbocycles. The largest absolute Gasteiger partial charge is 0.432 e. The molecule has 0 radical (unpaired) electrons. The zero-order chi connectivity index (χ0) is 34.5. The Bertz CT molecular complexity index is 1660. The van der Waals surface area contributed by atoms with Crippen molar-refractivity contribution in [3.8, 4) is 11.1 Å². The molecular weight excluding hydrogens is 594 g/mol. The first-order chi connectivity index (χ1) is 22.1. The van der Waals surface area contributed by atoms with E-state index in [9.17, 15) is 19.2 Å². The molecule has 3 amide bonds. The standard InChI is InChI=1S/C38H45N3O6/c1-23-21-25(19-20-29(23)27-16-12-17-28(22-27)33(39)42)13-11-18-30(31-36(45)47-38(6,7)46-31)34(43)41-32(37(3,4)5)35(44)40-24(2)26-14-9-8-10-15-26/h8-17,19-22,24,30-32H,18H2,1-7H3,(H2,39,42)(H,40,44)(H,41,43)/b13-11+/t24?,30-,31?,32-/m1/s1. The fraction of sp³-hybridized carbons (Fsp3) is 0.368. The highest BCUT2D eigenvalue weighted by Gasteiger charge is 2.48. The van der Waals surface area contributed by atoms with Crippen LogP contribution in [-0.4, -0.2) is 41.6 Å². The fourth-order valence-electron chi connectivity index (χ4n) is 5.64. The van der Waals surface area contributed by atoms with Crippen LogP contribution in [0.4, 0.5) is 0 Å². The second-order valence-corrected chi connectivity index (χ2v) is 13.6. The van der Waals surface area contributed by atoms with Gasteiger partial charge in [0.15, 0.2) is 6.10 Å². The molecule has 248 valence electrons. The number of nitrogens with two attached hydrogens (primary N) is 1. The molecule has 2 unspecified atom stereocenters. The molecule has 47 heavy (non-hydrogen) atoms. The molecule has 9 heteroatoms. The Morgan fingerprint density at radius 1 is 0.957 bits per heavy atom. The number of esters is 1. The van der Waals surface area contributed by atoms with E-state index in [-0.39, 0.29) is 18.4 Å². The molecule has 1 saturated heterocycles. The zero-order valence-corrected chi connectivity index (χ0v) is 28.1. The van der Waals surface area contributed by atoms with Crippen LogP contribution in [-0.2, 0) is 23.9 Å². The van der Waals surface area contributed by atoms with Crippen LogP contribution in [0.1, 0.15) is 81.1 Å². The van der Waals surface area contributed by atoms with Gasteiger partial charge in [-0.05, 0) is 65.6 Å². The number of cyclic esters (lactones) is 1. The lowest BCUT2D eigenvalue weighted by Crippen LogP contribution is -2.56. The van der Waals surface area contributed by atoms with Gasteiger partial charge >= 0.3 is 5.97 Å². The Morgan fingerprint density at radius 2 is 1.66 bits per heavy atom. The molecule has 3 aromatic rings. The van der Waals surface area contributed by atoms with Gasteiger partial charge in [0.05, 0.1) is 12.0 Å². The summed E-state index contributed by atoms with van der Waals surface area (Å²) in [6, 6.07) is 21.5. The molecule has 1 fully saturated rings. The molecule has 0 aliphatic carbocycles. The third-order valence-corrected chi connectivity index (χ3v) is 8.17. The minimum Gasteiger partial charge on any atom is -0.432 e. The normalized spacial score (nSPS) is 17.9. The van der Waals surface area contributed by atoms with Crippen molar-refractivity contribution < 1.29 is 28.7 Å². The number of hydrogen-bond acceptors (Lipinski definition) is 6. The number of carbonyl (C=O) groups excluding carboxylic acids is 4. The summed E-state index contributed by atoms with van der Waals surface area (Å²) in [6.07, 6.45) is 2.70. The van der Waals surface area contributed by atoms with Crippen molar-refractivity contribution in [2.75, 3.05) is 0 Å². The van der Waals surface area contributed by atoms with Crippen molar-refractivity contribution in [1.82, 2.24) is 10.6 Å². The van der Waals surface area contributed by atoms with Crippen LogP contribution in [0, 0.1) is 18.3 Å².